The zero-order valence-electron chi connectivity index (χ0n) is 14.8. The summed E-state index contributed by atoms with van der Waals surface area (Å²) in [5, 5.41) is 12.7. The summed E-state index contributed by atoms with van der Waals surface area (Å²) in [6, 6.07) is 11.0. The van der Waals surface area contributed by atoms with Crippen molar-refractivity contribution in [2.24, 2.45) is 11.8 Å². The monoisotopic (exact) mass is 343 g/mol. The summed E-state index contributed by atoms with van der Waals surface area (Å²) in [5.74, 6) is 1.28. The fraction of sp³-hybridized carbons (Fsp3) is 0.650. The predicted molar refractivity (Wildman–Crippen MR) is 97.1 cm³/mol. The van der Waals surface area contributed by atoms with Crippen molar-refractivity contribution in [3.05, 3.63) is 35.9 Å². The van der Waals surface area contributed by atoms with Crippen molar-refractivity contribution < 1.29 is 9.90 Å². The molecule has 0 spiro atoms. The highest BCUT2D eigenvalue weighted by atomic mass is 16.3. The second-order valence-corrected chi connectivity index (χ2v) is 7.91. The van der Waals surface area contributed by atoms with Gasteiger partial charge in [-0.1, -0.05) is 30.3 Å². The molecule has 25 heavy (non-hydrogen) atoms. The Kier molecular flexibility index (Phi) is 4.95. The van der Waals surface area contributed by atoms with Crippen molar-refractivity contribution in [1.82, 2.24) is 15.1 Å². The van der Waals surface area contributed by atoms with E-state index in [1.54, 1.807) is 0 Å². The Morgan fingerprint density at radius 1 is 1.16 bits per heavy atom. The molecule has 1 aromatic carbocycles. The van der Waals surface area contributed by atoms with Gasteiger partial charge in [0, 0.05) is 32.2 Å². The van der Waals surface area contributed by atoms with Gasteiger partial charge in [0.1, 0.15) is 0 Å². The minimum Gasteiger partial charge on any atom is -0.394 e. The van der Waals surface area contributed by atoms with Crippen LogP contribution in [0.3, 0.4) is 0 Å². The van der Waals surface area contributed by atoms with E-state index in [4.69, 9.17) is 0 Å². The average molecular weight is 343 g/mol. The van der Waals surface area contributed by atoms with Gasteiger partial charge in [-0.2, -0.15) is 0 Å². The van der Waals surface area contributed by atoms with E-state index in [0.717, 1.165) is 45.4 Å². The zero-order chi connectivity index (χ0) is 17.2. The molecule has 2 saturated heterocycles. The van der Waals surface area contributed by atoms with E-state index in [1.807, 2.05) is 4.90 Å². The molecule has 5 nitrogen and oxygen atoms in total. The van der Waals surface area contributed by atoms with Crippen molar-refractivity contribution in [2.45, 2.75) is 44.3 Å². The first-order chi connectivity index (χ1) is 12.2. The maximum absolute atomic E-state index is 12.6. The lowest BCUT2D eigenvalue weighted by Gasteiger charge is -2.28. The summed E-state index contributed by atoms with van der Waals surface area (Å²) < 4.78 is 0. The summed E-state index contributed by atoms with van der Waals surface area (Å²) in [7, 11) is 0. The Morgan fingerprint density at radius 2 is 2.00 bits per heavy atom. The third kappa shape index (κ3) is 3.53. The van der Waals surface area contributed by atoms with Gasteiger partial charge in [0.15, 0.2) is 0 Å². The van der Waals surface area contributed by atoms with Crippen LogP contribution < -0.4 is 5.32 Å². The number of rotatable bonds is 4. The van der Waals surface area contributed by atoms with Gasteiger partial charge in [-0.25, -0.2) is 4.79 Å². The number of aliphatic hydroxyl groups excluding tert-OH is 1. The van der Waals surface area contributed by atoms with E-state index >= 15 is 0 Å². The van der Waals surface area contributed by atoms with E-state index in [9.17, 15) is 9.90 Å². The summed E-state index contributed by atoms with van der Waals surface area (Å²) in [6.07, 6.45) is 4.23. The van der Waals surface area contributed by atoms with E-state index in [1.165, 1.54) is 12.0 Å². The number of aliphatic hydroxyl groups is 1. The zero-order valence-corrected chi connectivity index (χ0v) is 14.8. The molecule has 2 heterocycles. The lowest BCUT2D eigenvalue weighted by atomic mass is 9.98. The fourth-order valence-electron chi connectivity index (χ4n) is 5.04. The molecule has 4 atom stereocenters. The number of likely N-dealkylation sites (tertiary alicyclic amines) is 2. The predicted octanol–water partition coefficient (Wildman–Crippen LogP) is 2.06. The highest BCUT2D eigenvalue weighted by molar-refractivity contribution is 5.75. The summed E-state index contributed by atoms with van der Waals surface area (Å²) in [4.78, 5) is 17.0. The fourth-order valence-corrected chi connectivity index (χ4v) is 5.04. The molecule has 3 aliphatic rings. The van der Waals surface area contributed by atoms with Crippen LogP contribution in [0.5, 0.6) is 0 Å². The van der Waals surface area contributed by atoms with Gasteiger partial charge in [-0.15, -0.1) is 0 Å². The number of nitrogens with zero attached hydrogens (tertiary/aromatic N) is 2. The topological polar surface area (TPSA) is 55.8 Å². The quantitative estimate of drug-likeness (QED) is 0.880. The standard InChI is InChI=1S/C20H29N3O2/c24-14-17-7-4-10-23(17)20(25)21-19-9-8-16-12-22(13-18(16)19)11-15-5-2-1-3-6-15/h1-3,5-6,16-19,24H,4,7-14H2,(H,21,25). The highest BCUT2D eigenvalue weighted by Crippen LogP contribution is 2.38. The number of carbonyl (C=O) groups is 1. The van der Waals surface area contributed by atoms with E-state index < -0.39 is 0 Å². The summed E-state index contributed by atoms with van der Waals surface area (Å²) >= 11 is 0. The maximum atomic E-state index is 12.6. The van der Waals surface area contributed by atoms with Crippen molar-refractivity contribution in [3.63, 3.8) is 0 Å². The van der Waals surface area contributed by atoms with Crippen LogP contribution in [0.2, 0.25) is 0 Å². The van der Waals surface area contributed by atoms with Gasteiger partial charge < -0.3 is 15.3 Å². The Balaban J connectivity index is 1.33. The first kappa shape index (κ1) is 16.9. The normalized spacial score (nSPS) is 32.1. The van der Waals surface area contributed by atoms with Crippen LogP contribution in [-0.2, 0) is 6.54 Å². The molecule has 0 bridgehead atoms. The van der Waals surface area contributed by atoms with Crippen LogP contribution in [-0.4, -0.2) is 59.3 Å². The molecular weight excluding hydrogens is 314 g/mol. The number of hydrogen-bond acceptors (Lipinski definition) is 3. The molecule has 4 unspecified atom stereocenters. The Morgan fingerprint density at radius 3 is 2.80 bits per heavy atom. The number of hydrogen-bond donors (Lipinski definition) is 2. The third-order valence-corrected chi connectivity index (χ3v) is 6.34. The van der Waals surface area contributed by atoms with E-state index in [0.29, 0.717) is 17.9 Å². The molecule has 0 radical (unpaired) electrons. The molecule has 3 fully saturated rings. The average Bonchev–Trinajstić information content (AvgIpc) is 3.32. The molecule has 1 saturated carbocycles. The SMILES string of the molecule is O=C(NC1CCC2CN(Cc3ccccc3)CC21)N1CCCC1CO. The van der Waals surface area contributed by atoms with Gasteiger partial charge in [-0.3, -0.25) is 4.90 Å². The second kappa shape index (κ2) is 7.34. The first-order valence-corrected chi connectivity index (χ1v) is 9.69. The van der Waals surface area contributed by atoms with Crippen molar-refractivity contribution in [3.8, 4) is 0 Å². The lowest BCUT2D eigenvalue weighted by Crippen LogP contribution is -2.49. The third-order valence-electron chi connectivity index (χ3n) is 6.34. The Labute approximate surface area is 150 Å². The van der Waals surface area contributed by atoms with Gasteiger partial charge in [-0.05, 0) is 43.1 Å². The Hall–Kier alpha value is -1.59. The lowest BCUT2D eigenvalue weighted by molar-refractivity contribution is 0.152. The summed E-state index contributed by atoms with van der Waals surface area (Å²) in [5.41, 5.74) is 1.37. The van der Waals surface area contributed by atoms with Crippen LogP contribution in [0.15, 0.2) is 30.3 Å². The second-order valence-electron chi connectivity index (χ2n) is 7.91. The Bertz CT molecular complexity index is 594. The molecule has 2 N–H and O–H groups in total. The number of fused-ring (bicyclic) bond motifs is 1. The van der Waals surface area contributed by atoms with Gasteiger partial charge in [0.05, 0.1) is 12.6 Å². The molecule has 5 heteroatoms. The van der Waals surface area contributed by atoms with E-state index in [2.05, 4.69) is 40.5 Å². The van der Waals surface area contributed by atoms with Crippen molar-refractivity contribution >= 4 is 6.03 Å². The molecule has 1 aromatic rings. The van der Waals surface area contributed by atoms with Gasteiger partial charge in [0.25, 0.3) is 0 Å². The minimum atomic E-state index is 0.00959. The molecule has 0 aromatic heterocycles. The van der Waals surface area contributed by atoms with Crippen molar-refractivity contribution in [1.29, 1.82) is 0 Å². The van der Waals surface area contributed by atoms with Crippen LogP contribution in [0, 0.1) is 11.8 Å². The minimum absolute atomic E-state index is 0.00959. The van der Waals surface area contributed by atoms with E-state index in [-0.39, 0.29) is 18.7 Å². The number of carbonyl (C=O) groups excluding carboxylic acids is 1. The number of benzene rings is 1. The maximum Gasteiger partial charge on any atom is 0.317 e. The largest absolute Gasteiger partial charge is 0.394 e. The van der Waals surface area contributed by atoms with Gasteiger partial charge >= 0.3 is 6.03 Å². The number of nitrogens with one attached hydrogen (secondary N) is 1. The molecular formula is C20H29N3O2. The molecule has 1 aliphatic carbocycles. The highest BCUT2D eigenvalue weighted by Gasteiger charge is 2.43. The number of amides is 2. The first-order valence-electron chi connectivity index (χ1n) is 9.69. The van der Waals surface area contributed by atoms with Gasteiger partial charge in [0.2, 0.25) is 0 Å². The molecule has 4 rings (SSSR count). The summed E-state index contributed by atoms with van der Waals surface area (Å²) in [6.45, 7) is 4.09. The van der Waals surface area contributed by atoms with Crippen LogP contribution in [0.4, 0.5) is 4.79 Å². The molecule has 2 amide bonds. The number of urea groups is 1. The molecule has 2 aliphatic heterocycles. The molecule has 136 valence electrons. The van der Waals surface area contributed by atoms with Crippen LogP contribution in [0.1, 0.15) is 31.2 Å². The van der Waals surface area contributed by atoms with Crippen molar-refractivity contribution in [2.75, 3.05) is 26.2 Å². The van der Waals surface area contributed by atoms with Crippen LogP contribution >= 0.6 is 0 Å². The van der Waals surface area contributed by atoms with Crippen LogP contribution in [0.25, 0.3) is 0 Å². The smallest absolute Gasteiger partial charge is 0.317 e.